The maximum absolute atomic E-state index is 7.35. The average molecular weight is 744 g/mol. The van der Waals surface area contributed by atoms with Crippen LogP contribution in [0.25, 0.3) is 44.5 Å². The molecule has 2 unspecified atom stereocenters. The van der Waals surface area contributed by atoms with Gasteiger partial charge in [0.1, 0.15) is 0 Å². The molecule has 0 fully saturated rings. The summed E-state index contributed by atoms with van der Waals surface area (Å²) in [4.78, 5) is 2.37. The third-order valence-corrected chi connectivity index (χ3v) is 12.4. The number of ether oxygens (including phenoxy) is 2. The van der Waals surface area contributed by atoms with Gasteiger partial charge in [0.15, 0.2) is 23.7 Å². The van der Waals surface area contributed by atoms with Gasteiger partial charge in [0, 0.05) is 11.3 Å². The van der Waals surface area contributed by atoms with Crippen LogP contribution in [0.4, 0.5) is 11.4 Å². The Morgan fingerprint density at radius 2 is 0.966 bits per heavy atom. The highest BCUT2D eigenvalue weighted by Crippen LogP contribution is 2.64. The fourth-order valence-corrected chi connectivity index (χ4v) is 10.0. The van der Waals surface area contributed by atoms with E-state index in [0.717, 1.165) is 45.3 Å². The van der Waals surface area contributed by atoms with Gasteiger partial charge in [-0.1, -0.05) is 170 Å². The lowest BCUT2D eigenvalue weighted by Gasteiger charge is -2.41. The summed E-state index contributed by atoms with van der Waals surface area (Å²) in [5.41, 5.74) is 17.4. The van der Waals surface area contributed by atoms with Crippen LogP contribution in [0, 0.1) is 0 Å². The number of allylic oxidation sites excluding steroid dienone is 2. The number of rotatable bonds is 5. The summed E-state index contributed by atoms with van der Waals surface area (Å²) in [6.07, 6.45) is 5.68. The first kappa shape index (κ1) is 32.8. The van der Waals surface area contributed by atoms with Gasteiger partial charge in [-0.2, -0.15) is 0 Å². The lowest BCUT2D eigenvalue weighted by Crippen LogP contribution is -2.45. The normalized spacial score (nSPS) is 17.1. The van der Waals surface area contributed by atoms with Crippen LogP contribution in [0.1, 0.15) is 22.3 Å². The van der Waals surface area contributed by atoms with Gasteiger partial charge in [-0.25, -0.2) is 0 Å². The number of para-hydroxylation sites is 1. The van der Waals surface area contributed by atoms with Crippen LogP contribution in [0.3, 0.4) is 0 Å². The molecule has 8 aromatic rings. The molecule has 1 aliphatic heterocycles. The van der Waals surface area contributed by atoms with Crippen LogP contribution in [0.2, 0.25) is 0 Å². The minimum atomic E-state index is -0.474. The summed E-state index contributed by atoms with van der Waals surface area (Å²) in [6, 6.07) is 69.9. The maximum Gasteiger partial charge on any atom is 0.179 e. The van der Waals surface area contributed by atoms with Crippen molar-refractivity contribution in [3.63, 3.8) is 0 Å². The third-order valence-electron chi connectivity index (χ3n) is 12.4. The van der Waals surface area contributed by atoms with Crippen LogP contribution in [-0.2, 0) is 5.41 Å². The first-order valence-corrected chi connectivity index (χ1v) is 20.1. The zero-order valence-corrected chi connectivity index (χ0v) is 31.6. The van der Waals surface area contributed by atoms with Crippen LogP contribution in [0.5, 0.6) is 11.5 Å². The highest BCUT2D eigenvalue weighted by Gasteiger charge is 2.52. The second-order valence-electron chi connectivity index (χ2n) is 15.5. The summed E-state index contributed by atoms with van der Waals surface area (Å²) < 4.78 is 14.4. The lowest BCUT2D eigenvalue weighted by atomic mass is 9.70. The van der Waals surface area contributed by atoms with Crippen molar-refractivity contribution in [1.29, 1.82) is 0 Å². The first-order valence-electron chi connectivity index (χ1n) is 20.1. The maximum atomic E-state index is 7.35. The van der Waals surface area contributed by atoms with E-state index in [1.165, 1.54) is 50.1 Å². The Labute approximate surface area is 338 Å². The van der Waals surface area contributed by atoms with E-state index in [2.05, 4.69) is 217 Å². The number of anilines is 2. The standard InChI is InChI=1S/C55H37NO2/c1-3-17-36(18-4-1)38-21-15-22-39(33-38)56(49-30-14-10-23-40(49)37-19-5-2-6-20-37)50-31-16-32-51-54(50)58-53-35-48-44(34-52(53)57-51)43-26-9-13-29-47(43)55(48)45-27-11-7-24-41(45)42-25-8-12-28-46(42)55/h1-35,51,54H. The molecule has 3 aliphatic carbocycles. The summed E-state index contributed by atoms with van der Waals surface area (Å²) in [6.45, 7) is 0. The second kappa shape index (κ2) is 12.8. The van der Waals surface area contributed by atoms with E-state index in [0.29, 0.717) is 0 Å². The van der Waals surface area contributed by atoms with Gasteiger partial charge >= 0.3 is 0 Å². The molecule has 3 heteroatoms. The Morgan fingerprint density at radius 1 is 0.414 bits per heavy atom. The summed E-state index contributed by atoms with van der Waals surface area (Å²) in [7, 11) is 0. The van der Waals surface area contributed by atoms with Crippen LogP contribution < -0.4 is 14.4 Å². The van der Waals surface area contributed by atoms with Crippen molar-refractivity contribution in [2.24, 2.45) is 0 Å². The number of benzene rings is 8. The molecule has 4 aliphatic rings. The van der Waals surface area contributed by atoms with Crippen molar-refractivity contribution in [1.82, 2.24) is 0 Å². The molecule has 1 spiro atoms. The van der Waals surface area contributed by atoms with Crippen molar-refractivity contribution < 1.29 is 9.47 Å². The van der Waals surface area contributed by atoms with E-state index in [4.69, 9.17) is 9.47 Å². The van der Waals surface area contributed by atoms with E-state index < -0.39 is 11.5 Å². The topological polar surface area (TPSA) is 21.7 Å². The predicted octanol–water partition coefficient (Wildman–Crippen LogP) is 13.2. The quantitative estimate of drug-likeness (QED) is 0.175. The molecule has 0 amide bonds. The largest absolute Gasteiger partial charge is 0.478 e. The van der Waals surface area contributed by atoms with Crippen molar-refractivity contribution in [2.75, 3.05) is 4.90 Å². The molecule has 12 rings (SSSR count). The molecular weight excluding hydrogens is 707 g/mol. The molecular formula is C55H37NO2. The molecule has 3 nitrogen and oxygen atoms in total. The Balaban J connectivity index is 1.03. The van der Waals surface area contributed by atoms with Crippen molar-refractivity contribution in [2.45, 2.75) is 17.6 Å². The number of hydrogen-bond donors (Lipinski definition) is 0. The lowest BCUT2D eigenvalue weighted by molar-refractivity contribution is 0.0675. The van der Waals surface area contributed by atoms with Crippen LogP contribution in [0.15, 0.2) is 218 Å². The minimum absolute atomic E-state index is 0.340. The van der Waals surface area contributed by atoms with E-state index >= 15 is 0 Å². The monoisotopic (exact) mass is 743 g/mol. The Bertz CT molecular complexity index is 2940. The van der Waals surface area contributed by atoms with Crippen LogP contribution in [-0.4, -0.2) is 12.2 Å². The summed E-state index contributed by atoms with van der Waals surface area (Å²) in [5.74, 6) is 1.52. The highest BCUT2D eigenvalue weighted by atomic mass is 16.6. The van der Waals surface area contributed by atoms with Crippen molar-refractivity contribution in [3.05, 3.63) is 240 Å². The van der Waals surface area contributed by atoms with E-state index in [1.807, 2.05) is 0 Å². The van der Waals surface area contributed by atoms with Gasteiger partial charge in [-0.15, -0.1) is 0 Å². The zero-order valence-electron chi connectivity index (χ0n) is 31.6. The molecule has 0 saturated heterocycles. The van der Waals surface area contributed by atoms with E-state index in [9.17, 15) is 0 Å². The first-order chi connectivity index (χ1) is 28.8. The molecule has 8 aromatic carbocycles. The fourth-order valence-electron chi connectivity index (χ4n) is 10.0. The van der Waals surface area contributed by atoms with Gasteiger partial charge in [0.25, 0.3) is 0 Å². The van der Waals surface area contributed by atoms with Gasteiger partial charge in [-0.3, -0.25) is 0 Å². The molecule has 58 heavy (non-hydrogen) atoms. The molecule has 2 atom stereocenters. The molecule has 0 saturated carbocycles. The Morgan fingerprint density at radius 3 is 1.66 bits per heavy atom. The summed E-state index contributed by atoms with van der Waals surface area (Å²) in [5, 5.41) is 0. The second-order valence-corrected chi connectivity index (χ2v) is 15.5. The molecule has 0 aromatic heterocycles. The van der Waals surface area contributed by atoms with Gasteiger partial charge in [0.2, 0.25) is 0 Å². The smallest absolute Gasteiger partial charge is 0.179 e. The van der Waals surface area contributed by atoms with Crippen LogP contribution >= 0.6 is 0 Å². The number of nitrogens with zero attached hydrogens (tertiary/aromatic N) is 1. The van der Waals surface area contributed by atoms with Crippen molar-refractivity contribution >= 4 is 11.4 Å². The van der Waals surface area contributed by atoms with E-state index in [1.54, 1.807) is 0 Å². The molecule has 274 valence electrons. The molecule has 1 heterocycles. The Hall–Kier alpha value is -7.36. The average Bonchev–Trinajstić information content (AvgIpc) is 3.75. The summed E-state index contributed by atoms with van der Waals surface area (Å²) >= 11 is 0. The SMILES string of the molecule is C1=CC2Oc3cc4c(cc3OC2C(N(c2cccc(-c3ccccc3)c2)c2ccccc2-c2ccccc2)=C1)C1(c2ccccc2-c2ccccc21)c1ccccc1-4. The number of fused-ring (bicyclic) bond motifs is 12. The molecule has 0 radical (unpaired) electrons. The number of hydrogen-bond acceptors (Lipinski definition) is 3. The highest BCUT2D eigenvalue weighted by molar-refractivity contribution is 5.96. The predicted molar refractivity (Wildman–Crippen MR) is 235 cm³/mol. The fraction of sp³-hybridized carbons (Fsp3) is 0.0545. The van der Waals surface area contributed by atoms with Gasteiger partial charge < -0.3 is 14.4 Å². The van der Waals surface area contributed by atoms with E-state index in [-0.39, 0.29) is 6.10 Å². The van der Waals surface area contributed by atoms with Gasteiger partial charge in [-0.05, 0) is 104 Å². The zero-order chi connectivity index (χ0) is 38.2. The molecule has 0 bridgehead atoms. The minimum Gasteiger partial charge on any atom is -0.478 e. The van der Waals surface area contributed by atoms with Crippen molar-refractivity contribution in [3.8, 4) is 56.0 Å². The van der Waals surface area contributed by atoms with Gasteiger partial charge in [0.05, 0.1) is 16.8 Å². The Kier molecular flexibility index (Phi) is 7.27. The third kappa shape index (κ3) is 4.74. The molecule has 0 N–H and O–H groups in total.